The Morgan fingerprint density at radius 3 is 2.72 bits per heavy atom. The van der Waals surface area contributed by atoms with Gasteiger partial charge in [-0.25, -0.2) is 8.42 Å². The van der Waals surface area contributed by atoms with Gasteiger partial charge in [0.15, 0.2) is 9.84 Å². The molecule has 2 rings (SSSR count). The Hall–Kier alpha value is -1.07. The summed E-state index contributed by atoms with van der Waals surface area (Å²) in [6.07, 6.45) is 1.65. The first-order valence-electron chi connectivity index (χ1n) is 6.06. The fraction of sp³-hybridized carbons (Fsp3) is 0.538. The smallest absolute Gasteiger partial charge is 0.178 e. The molecule has 0 atom stereocenters. The van der Waals surface area contributed by atoms with Gasteiger partial charge in [0, 0.05) is 13.2 Å². The number of hydrogen-bond donors (Lipinski definition) is 0. The first kappa shape index (κ1) is 13.4. The molecule has 0 radical (unpaired) electrons. The quantitative estimate of drug-likeness (QED) is 0.838. The van der Waals surface area contributed by atoms with Gasteiger partial charge < -0.3 is 9.47 Å². The summed E-state index contributed by atoms with van der Waals surface area (Å²) in [6.45, 7) is 1.33. The van der Waals surface area contributed by atoms with Crippen LogP contribution in [0.25, 0.3) is 0 Å². The minimum atomic E-state index is -3.23. The van der Waals surface area contributed by atoms with Gasteiger partial charge in [-0.1, -0.05) is 6.07 Å². The van der Waals surface area contributed by atoms with Gasteiger partial charge in [-0.15, -0.1) is 0 Å². The van der Waals surface area contributed by atoms with Crippen LogP contribution < -0.4 is 4.74 Å². The SMILES string of the molecule is COc1cccc(S(=O)(=O)CC2CCOCC2)c1. The first-order valence-corrected chi connectivity index (χ1v) is 7.71. The highest BCUT2D eigenvalue weighted by Gasteiger charge is 2.23. The first-order chi connectivity index (χ1) is 8.62. The van der Waals surface area contributed by atoms with Crippen molar-refractivity contribution in [2.24, 2.45) is 5.92 Å². The number of hydrogen-bond acceptors (Lipinski definition) is 4. The van der Waals surface area contributed by atoms with Crippen molar-refractivity contribution in [2.45, 2.75) is 17.7 Å². The molecule has 0 saturated carbocycles. The molecule has 0 N–H and O–H groups in total. The van der Waals surface area contributed by atoms with E-state index in [0.717, 1.165) is 12.8 Å². The average molecular weight is 270 g/mol. The molecule has 1 aromatic rings. The number of sulfone groups is 1. The summed E-state index contributed by atoms with van der Waals surface area (Å²) in [4.78, 5) is 0.341. The molecule has 0 aromatic heterocycles. The van der Waals surface area contributed by atoms with E-state index in [1.54, 1.807) is 24.3 Å². The second-order valence-corrected chi connectivity index (χ2v) is 6.55. The summed E-state index contributed by atoms with van der Waals surface area (Å²) >= 11 is 0. The maximum atomic E-state index is 12.3. The van der Waals surface area contributed by atoms with Crippen LogP contribution in [0.3, 0.4) is 0 Å². The zero-order valence-electron chi connectivity index (χ0n) is 10.5. The van der Waals surface area contributed by atoms with E-state index < -0.39 is 9.84 Å². The van der Waals surface area contributed by atoms with Crippen molar-refractivity contribution in [1.82, 2.24) is 0 Å². The lowest BCUT2D eigenvalue weighted by Crippen LogP contribution is -2.23. The maximum Gasteiger partial charge on any atom is 0.178 e. The maximum absolute atomic E-state index is 12.3. The van der Waals surface area contributed by atoms with Crippen LogP contribution in [0, 0.1) is 5.92 Å². The van der Waals surface area contributed by atoms with Gasteiger partial charge in [-0.3, -0.25) is 0 Å². The summed E-state index contributed by atoms with van der Waals surface area (Å²) in [5.41, 5.74) is 0. The van der Waals surface area contributed by atoms with Crippen molar-refractivity contribution < 1.29 is 17.9 Å². The third-order valence-corrected chi connectivity index (χ3v) is 5.08. The van der Waals surface area contributed by atoms with Crippen LogP contribution in [0.15, 0.2) is 29.2 Å². The second-order valence-electron chi connectivity index (χ2n) is 4.52. The van der Waals surface area contributed by atoms with E-state index in [4.69, 9.17) is 9.47 Å². The molecule has 0 unspecified atom stereocenters. The van der Waals surface area contributed by atoms with E-state index >= 15 is 0 Å². The van der Waals surface area contributed by atoms with Crippen LogP contribution in [0.2, 0.25) is 0 Å². The van der Waals surface area contributed by atoms with Crippen molar-refractivity contribution >= 4 is 9.84 Å². The van der Waals surface area contributed by atoms with Crippen LogP contribution in [-0.4, -0.2) is 34.5 Å². The van der Waals surface area contributed by atoms with E-state index in [0.29, 0.717) is 23.9 Å². The van der Waals surface area contributed by atoms with E-state index in [1.807, 2.05) is 0 Å². The van der Waals surface area contributed by atoms with Gasteiger partial charge in [0.1, 0.15) is 5.75 Å². The van der Waals surface area contributed by atoms with Crippen molar-refractivity contribution in [3.63, 3.8) is 0 Å². The zero-order valence-corrected chi connectivity index (χ0v) is 11.3. The molecule has 1 heterocycles. The number of benzene rings is 1. The topological polar surface area (TPSA) is 52.6 Å². The fourth-order valence-corrected chi connectivity index (χ4v) is 3.84. The molecule has 1 fully saturated rings. The molecule has 4 nitrogen and oxygen atoms in total. The van der Waals surface area contributed by atoms with E-state index in [-0.39, 0.29) is 11.7 Å². The Bertz CT molecular complexity index is 489. The van der Waals surface area contributed by atoms with Crippen LogP contribution in [0.1, 0.15) is 12.8 Å². The normalized spacial score (nSPS) is 17.6. The predicted octanol–water partition coefficient (Wildman–Crippen LogP) is 1.90. The highest BCUT2D eigenvalue weighted by molar-refractivity contribution is 7.91. The van der Waals surface area contributed by atoms with Crippen molar-refractivity contribution in [3.8, 4) is 5.75 Å². The van der Waals surface area contributed by atoms with Gasteiger partial charge in [0.05, 0.1) is 17.8 Å². The van der Waals surface area contributed by atoms with E-state index in [9.17, 15) is 8.42 Å². The molecule has 1 aliphatic heterocycles. The summed E-state index contributed by atoms with van der Waals surface area (Å²) in [6, 6.07) is 6.65. The van der Waals surface area contributed by atoms with Crippen molar-refractivity contribution in [2.75, 3.05) is 26.1 Å². The minimum absolute atomic E-state index is 0.198. The molecular formula is C13H18O4S. The molecule has 0 amide bonds. The van der Waals surface area contributed by atoms with Crippen LogP contribution in [0.5, 0.6) is 5.75 Å². The third-order valence-electron chi connectivity index (χ3n) is 3.20. The number of ether oxygens (including phenoxy) is 2. The molecule has 0 bridgehead atoms. The van der Waals surface area contributed by atoms with Crippen molar-refractivity contribution in [1.29, 1.82) is 0 Å². The van der Waals surface area contributed by atoms with Crippen molar-refractivity contribution in [3.05, 3.63) is 24.3 Å². The fourth-order valence-electron chi connectivity index (χ4n) is 2.11. The Labute approximate surface area is 108 Å². The van der Waals surface area contributed by atoms with Gasteiger partial charge in [-0.2, -0.15) is 0 Å². The highest BCUT2D eigenvalue weighted by Crippen LogP contribution is 2.23. The Morgan fingerprint density at radius 2 is 2.06 bits per heavy atom. The molecule has 5 heteroatoms. The Kier molecular flexibility index (Phi) is 4.24. The monoisotopic (exact) mass is 270 g/mol. The standard InChI is InChI=1S/C13H18O4S/c1-16-12-3-2-4-13(9-12)18(14,15)10-11-5-7-17-8-6-11/h2-4,9,11H,5-8,10H2,1H3. The van der Waals surface area contributed by atoms with E-state index in [2.05, 4.69) is 0 Å². The molecule has 1 saturated heterocycles. The Balaban J connectivity index is 2.13. The summed E-state index contributed by atoms with van der Waals surface area (Å²) < 4.78 is 34.8. The van der Waals surface area contributed by atoms with Crippen LogP contribution >= 0.6 is 0 Å². The average Bonchev–Trinajstić information content (AvgIpc) is 2.39. The highest BCUT2D eigenvalue weighted by atomic mass is 32.2. The van der Waals surface area contributed by atoms with Gasteiger partial charge >= 0.3 is 0 Å². The lowest BCUT2D eigenvalue weighted by atomic mass is 10.0. The Morgan fingerprint density at radius 1 is 1.33 bits per heavy atom. The van der Waals surface area contributed by atoms with Gasteiger partial charge in [-0.05, 0) is 37.0 Å². The lowest BCUT2D eigenvalue weighted by molar-refractivity contribution is 0.0723. The number of rotatable bonds is 4. The number of methoxy groups -OCH3 is 1. The molecule has 0 aliphatic carbocycles. The summed E-state index contributed by atoms with van der Waals surface area (Å²) in [7, 11) is -1.70. The zero-order chi connectivity index (χ0) is 13.0. The minimum Gasteiger partial charge on any atom is -0.497 e. The van der Waals surface area contributed by atoms with Gasteiger partial charge in [0.2, 0.25) is 0 Å². The molecule has 1 aromatic carbocycles. The molecule has 0 spiro atoms. The molecule has 1 aliphatic rings. The van der Waals surface area contributed by atoms with Crippen LogP contribution in [-0.2, 0) is 14.6 Å². The van der Waals surface area contributed by atoms with Gasteiger partial charge in [0.25, 0.3) is 0 Å². The lowest BCUT2D eigenvalue weighted by Gasteiger charge is -2.21. The second kappa shape index (κ2) is 5.71. The largest absolute Gasteiger partial charge is 0.497 e. The predicted molar refractivity (Wildman–Crippen MR) is 68.6 cm³/mol. The summed E-state index contributed by atoms with van der Waals surface area (Å²) in [5, 5.41) is 0. The molecular weight excluding hydrogens is 252 g/mol. The van der Waals surface area contributed by atoms with E-state index in [1.165, 1.54) is 7.11 Å². The molecule has 100 valence electrons. The van der Waals surface area contributed by atoms with Crippen LogP contribution in [0.4, 0.5) is 0 Å². The summed E-state index contributed by atoms with van der Waals surface area (Å²) in [5.74, 6) is 0.974. The third kappa shape index (κ3) is 3.23. The molecule has 18 heavy (non-hydrogen) atoms.